The number of amides is 2. The number of rotatable bonds is 5. The van der Waals surface area contributed by atoms with Gasteiger partial charge in [0.2, 0.25) is 5.91 Å². The van der Waals surface area contributed by atoms with Crippen LogP contribution < -0.4 is 10.6 Å². The van der Waals surface area contributed by atoms with E-state index >= 15 is 0 Å². The average molecular weight is 334 g/mol. The molecule has 25 heavy (non-hydrogen) atoms. The van der Waals surface area contributed by atoms with E-state index in [1.165, 1.54) is 6.08 Å². The van der Waals surface area contributed by atoms with E-state index in [1.807, 2.05) is 31.2 Å². The fraction of sp³-hybridized carbons (Fsp3) is 0.100. The minimum Gasteiger partial charge on any atom is -0.461 e. The molecule has 2 aromatic carbocycles. The van der Waals surface area contributed by atoms with Crippen molar-refractivity contribution in [1.29, 1.82) is 0 Å². The van der Waals surface area contributed by atoms with E-state index in [0.717, 1.165) is 22.3 Å². The van der Waals surface area contributed by atoms with E-state index in [0.29, 0.717) is 17.8 Å². The number of para-hydroxylation sites is 1. The lowest BCUT2D eigenvalue weighted by Gasteiger charge is -2.07. The van der Waals surface area contributed by atoms with Crippen LogP contribution in [0.2, 0.25) is 0 Å². The molecule has 0 radical (unpaired) electrons. The molecule has 0 spiro atoms. The fourth-order valence-electron chi connectivity index (χ4n) is 2.64. The Morgan fingerprint density at radius 3 is 2.76 bits per heavy atom. The number of hydrogen-bond donors (Lipinski definition) is 2. The Bertz CT molecular complexity index is 956. The minimum atomic E-state index is -0.321. The summed E-state index contributed by atoms with van der Waals surface area (Å²) in [4.78, 5) is 23.8. The van der Waals surface area contributed by atoms with Crippen molar-refractivity contribution in [3.05, 3.63) is 78.1 Å². The van der Waals surface area contributed by atoms with Gasteiger partial charge in [-0.05, 0) is 37.3 Å². The number of carbonyl (C=O) groups excluding carboxylic acids is 2. The largest absolute Gasteiger partial charge is 0.461 e. The van der Waals surface area contributed by atoms with Gasteiger partial charge in [-0.25, -0.2) is 0 Å². The Labute approximate surface area is 145 Å². The molecule has 1 aromatic heterocycles. The first-order valence-corrected chi connectivity index (χ1v) is 7.87. The molecular weight excluding hydrogens is 316 g/mol. The van der Waals surface area contributed by atoms with Crippen LogP contribution in [0.4, 0.5) is 5.69 Å². The van der Waals surface area contributed by atoms with Crippen molar-refractivity contribution >= 4 is 28.5 Å². The predicted octanol–water partition coefficient (Wildman–Crippen LogP) is 3.80. The zero-order valence-corrected chi connectivity index (χ0v) is 13.8. The SMILES string of the molecule is C=CC(=O)Nc1cccc(C(=O)NCc2c(C)oc3ccccc23)c1. The van der Waals surface area contributed by atoms with Gasteiger partial charge in [-0.1, -0.05) is 30.8 Å². The van der Waals surface area contributed by atoms with Crippen LogP contribution in [0.15, 0.2) is 65.6 Å². The second-order valence-corrected chi connectivity index (χ2v) is 5.59. The highest BCUT2D eigenvalue weighted by Gasteiger charge is 2.12. The van der Waals surface area contributed by atoms with Crippen molar-refractivity contribution in [2.24, 2.45) is 0 Å². The van der Waals surface area contributed by atoms with Gasteiger partial charge in [0, 0.05) is 28.7 Å². The van der Waals surface area contributed by atoms with Gasteiger partial charge in [0.05, 0.1) is 0 Å². The summed E-state index contributed by atoms with van der Waals surface area (Å²) >= 11 is 0. The minimum absolute atomic E-state index is 0.223. The molecule has 1 heterocycles. The van der Waals surface area contributed by atoms with Crippen LogP contribution in [0.1, 0.15) is 21.7 Å². The van der Waals surface area contributed by atoms with Gasteiger partial charge < -0.3 is 15.1 Å². The lowest BCUT2D eigenvalue weighted by molar-refractivity contribution is -0.111. The molecule has 2 amide bonds. The summed E-state index contributed by atoms with van der Waals surface area (Å²) in [7, 11) is 0. The molecule has 5 heteroatoms. The predicted molar refractivity (Wildman–Crippen MR) is 97.4 cm³/mol. The van der Waals surface area contributed by atoms with E-state index in [2.05, 4.69) is 17.2 Å². The Hall–Kier alpha value is -3.34. The van der Waals surface area contributed by atoms with E-state index < -0.39 is 0 Å². The highest BCUT2D eigenvalue weighted by Crippen LogP contribution is 2.25. The fourth-order valence-corrected chi connectivity index (χ4v) is 2.64. The maximum atomic E-state index is 12.4. The van der Waals surface area contributed by atoms with Gasteiger partial charge in [0.1, 0.15) is 11.3 Å². The molecule has 0 saturated heterocycles. The number of fused-ring (bicyclic) bond motifs is 1. The molecule has 3 rings (SSSR count). The van der Waals surface area contributed by atoms with E-state index in [-0.39, 0.29) is 11.8 Å². The third kappa shape index (κ3) is 3.61. The number of hydrogen-bond acceptors (Lipinski definition) is 3. The van der Waals surface area contributed by atoms with Crippen LogP contribution in [0, 0.1) is 6.92 Å². The summed E-state index contributed by atoms with van der Waals surface area (Å²) in [6.07, 6.45) is 1.18. The summed E-state index contributed by atoms with van der Waals surface area (Å²) in [5.74, 6) is 0.242. The van der Waals surface area contributed by atoms with Crippen molar-refractivity contribution in [1.82, 2.24) is 5.32 Å². The molecule has 126 valence electrons. The molecule has 0 bridgehead atoms. The van der Waals surface area contributed by atoms with E-state index in [1.54, 1.807) is 24.3 Å². The highest BCUT2D eigenvalue weighted by atomic mass is 16.3. The zero-order valence-electron chi connectivity index (χ0n) is 13.8. The van der Waals surface area contributed by atoms with Gasteiger partial charge in [-0.2, -0.15) is 0 Å². The first kappa shape index (κ1) is 16.5. The number of carbonyl (C=O) groups is 2. The molecule has 2 N–H and O–H groups in total. The van der Waals surface area contributed by atoms with Crippen LogP contribution in [0.25, 0.3) is 11.0 Å². The molecule has 0 atom stereocenters. The van der Waals surface area contributed by atoms with Gasteiger partial charge in [0.25, 0.3) is 5.91 Å². The molecule has 0 saturated carbocycles. The second-order valence-electron chi connectivity index (χ2n) is 5.59. The molecular formula is C20H18N2O3. The van der Waals surface area contributed by atoms with Crippen molar-refractivity contribution in [2.45, 2.75) is 13.5 Å². The molecule has 5 nitrogen and oxygen atoms in total. The molecule has 0 fully saturated rings. The monoisotopic (exact) mass is 334 g/mol. The number of anilines is 1. The second kappa shape index (κ2) is 7.05. The quantitative estimate of drug-likeness (QED) is 0.697. The smallest absolute Gasteiger partial charge is 0.251 e. The Kier molecular flexibility index (Phi) is 4.66. The standard InChI is InChI=1S/C20H18N2O3/c1-3-19(23)22-15-8-6-7-14(11-15)20(24)21-12-17-13(2)25-18-10-5-4-9-16(17)18/h3-11H,1,12H2,2H3,(H,21,24)(H,22,23). The summed E-state index contributed by atoms with van der Waals surface area (Å²) < 4.78 is 5.70. The molecule has 3 aromatic rings. The van der Waals surface area contributed by atoms with Crippen LogP contribution in [0.5, 0.6) is 0 Å². The van der Waals surface area contributed by atoms with Gasteiger partial charge in [0.15, 0.2) is 0 Å². The van der Waals surface area contributed by atoms with Crippen molar-refractivity contribution in [2.75, 3.05) is 5.32 Å². The van der Waals surface area contributed by atoms with Gasteiger partial charge in [-0.15, -0.1) is 0 Å². The van der Waals surface area contributed by atoms with Crippen LogP contribution in [0.3, 0.4) is 0 Å². The van der Waals surface area contributed by atoms with Crippen molar-refractivity contribution in [3.8, 4) is 0 Å². The van der Waals surface area contributed by atoms with Gasteiger partial charge in [-0.3, -0.25) is 9.59 Å². The molecule has 0 aliphatic rings. The Balaban J connectivity index is 1.74. The van der Waals surface area contributed by atoms with Crippen molar-refractivity contribution < 1.29 is 14.0 Å². The normalized spacial score (nSPS) is 10.4. The Morgan fingerprint density at radius 2 is 1.96 bits per heavy atom. The summed E-state index contributed by atoms with van der Waals surface area (Å²) in [5.41, 5.74) is 2.77. The maximum Gasteiger partial charge on any atom is 0.251 e. The van der Waals surface area contributed by atoms with Crippen molar-refractivity contribution in [3.63, 3.8) is 0 Å². The van der Waals surface area contributed by atoms with Crippen LogP contribution >= 0.6 is 0 Å². The highest BCUT2D eigenvalue weighted by molar-refractivity contribution is 6.00. The summed E-state index contributed by atoms with van der Waals surface area (Å²) in [6, 6.07) is 14.5. The average Bonchev–Trinajstić information content (AvgIpc) is 2.95. The summed E-state index contributed by atoms with van der Waals surface area (Å²) in [6.45, 7) is 5.65. The summed E-state index contributed by atoms with van der Waals surface area (Å²) in [5, 5.41) is 6.53. The molecule has 0 aliphatic heterocycles. The Morgan fingerprint density at radius 1 is 1.16 bits per heavy atom. The topological polar surface area (TPSA) is 71.3 Å². The zero-order chi connectivity index (χ0) is 17.8. The van der Waals surface area contributed by atoms with Crippen LogP contribution in [-0.4, -0.2) is 11.8 Å². The van der Waals surface area contributed by atoms with E-state index in [4.69, 9.17) is 4.42 Å². The third-order valence-corrected chi connectivity index (χ3v) is 3.90. The molecule has 0 aliphatic carbocycles. The lowest BCUT2D eigenvalue weighted by atomic mass is 10.1. The third-order valence-electron chi connectivity index (χ3n) is 3.90. The number of furan rings is 1. The number of benzene rings is 2. The molecule has 0 unspecified atom stereocenters. The maximum absolute atomic E-state index is 12.4. The van der Waals surface area contributed by atoms with Gasteiger partial charge >= 0.3 is 0 Å². The lowest BCUT2D eigenvalue weighted by Crippen LogP contribution is -2.23. The first-order chi connectivity index (χ1) is 12.1. The first-order valence-electron chi connectivity index (χ1n) is 7.87. The number of aryl methyl sites for hydroxylation is 1. The van der Waals surface area contributed by atoms with E-state index in [9.17, 15) is 9.59 Å². The number of nitrogens with one attached hydrogen (secondary N) is 2. The van der Waals surface area contributed by atoms with Crippen LogP contribution in [-0.2, 0) is 11.3 Å².